The lowest BCUT2D eigenvalue weighted by molar-refractivity contribution is 0.0655. The predicted molar refractivity (Wildman–Crippen MR) is 84.7 cm³/mol. The number of hydrogen-bond acceptors (Lipinski definition) is 2. The van der Waals surface area contributed by atoms with Crippen molar-refractivity contribution < 1.29 is 4.39 Å². The first-order valence-electron chi connectivity index (χ1n) is 8.42. The Morgan fingerprint density at radius 2 is 1.86 bits per heavy atom. The molecule has 0 spiro atoms. The molecule has 1 aromatic rings. The third-order valence-corrected chi connectivity index (χ3v) is 5.18. The van der Waals surface area contributed by atoms with E-state index < -0.39 is 0 Å². The topological polar surface area (TPSA) is 6.48 Å². The molecule has 2 aliphatic rings. The summed E-state index contributed by atoms with van der Waals surface area (Å²) in [5, 5.41) is 0. The summed E-state index contributed by atoms with van der Waals surface area (Å²) in [4.78, 5) is 5.06. The van der Waals surface area contributed by atoms with E-state index in [1.807, 2.05) is 12.1 Å². The summed E-state index contributed by atoms with van der Waals surface area (Å²) >= 11 is 0. The van der Waals surface area contributed by atoms with Crippen molar-refractivity contribution in [2.45, 2.75) is 45.2 Å². The molecule has 116 valence electrons. The Morgan fingerprint density at radius 1 is 1.10 bits per heavy atom. The van der Waals surface area contributed by atoms with Gasteiger partial charge in [0.15, 0.2) is 0 Å². The normalized spacial score (nSPS) is 28.7. The molecule has 3 heteroatoms. The Bertz CT molecular complexity index is 454. The first kappa shape index (κ1) is 15.0. The number of nitrogens with zero attached hydrogens (tertiary/aromatic N) is 2. The smallest absolute Gasteiger partial charge is 0.127 e. The van der Waals surface area contributed by atoms with Gasteiger partial charge in [0, 0.05) is 44.3 Å². The van der Waals surface area contributed by atoms with Gasteiger partial charge in [-0.2, -0.15) is 0 Å². The quantitative estimate of drug-likeness (QED) is 0.840. The van der Waals surface area contributed by atoms with Crippen molar-refractivity contribution in [2.75, 3.05) is 26.2 Å². The van der Waals surface area contributed by atoms with Crippen LogP contribution in [-0.2, 0) is 6.54 Å². The first-order chi connectivity index (χ1) is 10.2. The lowest BCUT2D eigenvalue weighted by Gasteiger charge is -2.42. The van der Waals surface area contributed by atoms with Gasteiger partial charge in [0.2, 0.25) is 0 Å². The number of halogens is 1. The minimum Gasteiger partial charge on any atom is -0.298 e. The van der Waals surface area contributed by atoms with E-state index in [0.29, 0.717) is 0 Å². The Balaban J connectivity index is 1.50. The predicted octanol–water partition coefficient (Wildman–Crippen LogP) is 3.52. The van der Waals surface area contributed by atoms with Gasteiger partial charge in [-0.3, -0.25) is 9.80 Å². The fourth-order valence-corrected chi connectivity index (χ4v) is 3.89. The molecule has 1 aromatic carbocycles. The van der Waals surface area contributed by atoms with E-state index in [-0.39, 0.29) is 5.82 Å². The zero-order valence-electron chi connectivity index (χ0n) is 13.1. The molecule has 0 bridgehead atoms. The minimum absolute atomic E-state index is 0.0685. The molecule has 0 aromatic heterocycles. The number of rotatable bonds is 3. The van der Waals surface area contributed by atoms with Crippen LogP contribution >= 0.6 is 0 Å². The summed E-state index contributed by atoms with van der Waals surface area (Å²) in [6, 6.07) is 7.96. The second-order valence-electron chi connectivity index (χ2n) is 6.83. The molecule has 2 fully saturated rings. The monoisotopic (exact) mass is 290 g/mol. The summed E-state index contributed by atoms with van der Waals surface area (Å²) in [6.07, 6.45) is 5.54. The van der Waals surface area contributed by atoms with Gasteiger partial charge >= 0.3 is 0 Å². The van der Waals surface area contributed by atoms with Crippen molar-refractivity contribution >= 4 is 0 Å². The van der Waals surface area contributed by atoms with Crippen molar-refractivity contribution in [3.63, 3.8) is 0 Å². The molecule has 2 nitrogen and oxygen atoms in total. The van der Waals surface area contributed by atoms with Gasteiger partial charge in [-0.1, -0.05) is 38.0 Å². The second-order valence-corrected chi connectivity index (χ2v) is 6.83. The van der Waals surface area contributed by atoms with Crippen LogP contribution in [0.15, 0.2) is 24.3 Å². The van der Waals surface area contributed by atoms with Crippen molar-refractivity contribution in [3.8, 4) is 0 Å². The summed E-state index contributed by atoms with van der Waals surface area (Å²) in [7, 11) is 0. The summed E-state index contributed by atoms with van der Waals surface area (Å²) in [5.74, 6) is 0.821. The SMILES string of the molecule is C[C@@H]1CCC[C@@H](N2CCN(Cc3ccccc3F)CC2)C1. The van der Waals surface area contributed by atoms with E-state index in [2.05, 4.69) is 16.7 Å². The molecule has 0 unspecified atom stereocenters. The van der Waals surface area contributed by atoms with Gasteiger partial charge in [-0.25, -0.2) is 4.39 Å². The van der Waals surface area contributed by atoms with Crippen LogP contribution in [0.2, 0.25) is 0 Å². The number of benzene rings is 1. The summed E-state index contributed by atoms with van der Waals surface area (Å²) in [5.41, 5.74) is 0.831. The van der Waals surface area contributed by atoms with Crippen LogP contribution in [0.5, 0.6) is 0 Å². The van der Waals surface area contributed by atoms with Gasteiger partial charge in [0.25, 0.3) is 0 Å². The van der Waals surface area contributed by atoms with Gasteiger partial charge in [-0.15, -0.1) is 0 Å². The molecule has 1 heterocycles. The Morgan fingerprint density at radius 3 is 2.57 bits per heavy atom. The Hall–Kier alpha value is -0.930. The van der Waals surface area contributed by atoms with Gasteiger partial charge in [-0.05, 0) is 24.8 Å². The van der Waals surface area contributed by atoms with Crippen LogP contribution in [0, 0.1) is 11.7 Å². The largest absolute Gasteiger partial charge is 0.298 e. The third-order valence-electron chi connectivity index (χ3n) is 5.18. The maximum absolute atomic E-state index is 13.7. The lowest BCUT2D eigenvalue weighted by atomic mass is 9.86. The Kier molecular flexibility index (Phi) is 4.91. The molecular weight excluding hydrogens is 263 g/mol. The van der Waals surface area contributed by atoms with E-state index >= 15 is 0 Å². The zero-order valence-corrected chi connectivity index (χ0v) is 13.1. The van der Waals surface area contributed by atoms with Crippen LogP contribution in [-0.4, -0.2) is 42.0 Å². The highest BCUT2D eigenvalue weighted by Gasteiger charge is 2.27. The average Bonchev–Trinajstić information content (AvgIpc) is 2.50. The number of piperazine rings is 1. The van der Waals surface area contributed by atoms with Crippen LogP contribution in [0.1, 0.15) is 38.2 Å². The highest BCUT2D eigenvalue weighted by Crippen LogP contribution is 2.28. The molecule has 0 amide bonds. The van der Waals surface area contributed by atoms with Crippen molar-refractivity contribution in [2.24, 2.45) is 5.92 Å². The minimum atomic E-state index is -0.0685. The second kappa shape index (κ2) is 6.89. The molecule has 1 saturated carbocycles. The van der Waals surface area contributed by atoms with Crippen molar-refractivity contribution in [3.05, 3.63) is 35.6 Å². The highest BCUT2D eigenvalue weighted by molar-refractivity contribution is 5.17. The lowest BCUT2D eigenvalue weighted by Crippen LogP contribution is -2.51. The van der Waals surface area contributed by atoms with E-state index in [1.165, 1.54) is 25.7 Å². The molecule has 1 aliphatic carbocycles. The van der Waals surface area contributed by atoms with Crippen LogP contribution in [0.4, 0.5) is 4.39 Å². The molecule has 21 heavy (non-hydrogen) atoms. The highest BCUT2D eigenvalue weighted by atomic mass is 19.1. The standard InChI is InChI=1S/C18H27FN2/c1-15-5-4-7-17(13-15)21-11-9-20(10-12-21)14-16-6-2-3-8-18(16)19/h2-3,6,8,15,17H,4-5,7,9-14H2,1H3/t15-,17-/m1/s1. The van der Waals surface area contributed by atoms with Crippen LogP contribution < -0.4 is 0 Å². The summed E-state index contributed by atoms with van der Waals surface area (Å²) in [6.45, 7) is 7.57. The molecule has 2 atom stereocenters. The van der Waals surface area contributed by atoms with Crippen molar-refractivity contribution in [1.82, 2.24) is 9.80 Å². The fourth-order valence-electron chi connectivity index (χ4n) is 3.89. The average molecular weight is 290 g/mol. The summed E-state index contributed by atoms with van der Waals surface area (Å²) < 4.78 is 13.7. The first-order valence-corrected chi connectivity index (χ1v) is 8.42. The van der Waals surface area contributed by atoms with Gasteiger partial charge in [0.05, 0.1) is 0 Å². The van der Waals surface area contributed by atoms with E-state index in [4.69, 9.17) is 0 Å². The zero-order chi connectivity index (χ0) is 14.7. The number of hydrogen-bond donors (Lipinski definition) is 0. The van der Waals surface area contributed by atoms with E-state index in [0.717, 1.165) is 50.2 Å². The maximum atomic E-state index is 13.7. The molecular formula is C18H27FN2. The van der Waals surface area contributed by atoms with Crippen LogP contribution in [0.25, 0.3) is 0 Å². The molecule has 0 radical (unpaired) electrons. The van der Waals surface area contributed by atoms with Crippen molar-refractivity contribution in [1.29, 1.82) is 0 Å². The Labute approximate surface area is 127 Å². The van der Waals surface area contributed by atoms with E-state index in [9.17, 15) is 4.39 Å². The van der Waals surface area contributed by atoms with Gasteiger partial charge < -0.3 is 0 Å². The fraction of sp³-hybridized carbons (Fsp3) is 0.667. The molecule has 1 aliphatic heterocycles. The molecule has 3 rings (SSSR count). The van der Waals surface area contributed by atoms with Gasteiger partial charge in [0.1, 0.15) is 5.82 Å². The van der Waals surface area contributed by atoms with Crippen LogP contribution in [0.3, 0.4) is 0 Å². The molecule has 0 N–H and O–H groups in total. The maximum Gasteiger partial charge on any atom is 0.127 e. The third kappa shape index (κ3) is 3.83. The molecule has 1 saturated heterocycles. The van der Waals surface area contributed by atoms with E-state index in [1.54, 1.807) is 12.1 Å².